The highest BCUT2D eigenvalue weighted by molar-refractivity contribution is 5.87. The zero-order chi connectivity index (χ0) is 12.7. The van der Waals surface area contributed by atoms with E-state index < -0.39 is 30.6 Å². The van der Waals surface area contributed by atoms with Crippen molar-refractivity contribution >= 4 is 11.9 Å². The Morgan fingerprint density at radius 2 is 1.94 bits per heavy atom. The molecule has 0 bridgehead atoms. The SMILES string of the molecule is CC[C@H](C)[C@H](NC)C(=O)N[C@@H](CO)C(=O)O. The van der Waals surface area contributed by atoms with Crippen LogP contribution in [0, 0.1) is 5.92 Å². The Morgan fingerprint density at radius 3 is 2.25 bits per heavy atom. The van der Waals surface area contributed by atoms with Gasteiger partial charge in [0.25, 0.3) is 0 Å². The van der Waals surface area contributed by atoms with E-state index in [-0.39, 0.29) is 5.92 Å². The number of rotatable bonds is 7. The smallest absolute Gasteiger partial charge is 0.328 e. The second kappa shape index (κ2) is 7.19. The third-order valence-electron chi connectivity index (χ3n) is 2.60. The van der Waals surface area contributed by atoms with E-state index in [4.69, 9.17) is 10.2 Å². The molecule has 3 atom stereocenters. The van der Waals surface area contributed by atoms with Crippen molar-refractivity contribution < 1.29 is 19.8 Å². The summed E-state index contributed by atoms with van der Waals surface area (Å²) >= 11 is 0. The number of carbonyl (C=O) groups excluding carboxylic acids is 1. The zero-order valence-electron chi connectivity index (χ0n) is 9.86. The third-order valence-corrected chi connectivity index (χ3v) is 2.60. The van der Waals surface area contributed by atoms with E-state index in [1.165, 1.54) is 0 Å². The summed E-state index contributed by atoms with van der Waals surface area (Å²) in [5, 5.41) is 22.6. The van der Waals surface area contributed by atoms with Gasteiger partial charge < -0.3 is 20.8 Å². The van der Waals surface area contributed by atoms with Gasteiger partial charge in [0.2, 0.25) is 5.91 Å². The Kier molecular flexibility index (Phi) is 6.67. The summed E-state index contributed by atoms with van der Waals surface area (Å²) in [4.78, 5) is 22.3. The van der Waals surface area contributed by atoms with Crippen LogP contribution in [0.15, 0.2) is 0 Å². The zero-order valence-corrected chi connectivity index (χ0v) is 9.86. The molecular formula is C10H20N2O4. The average molecular weight is 232 g/mol. The van der Waals surface area contributed by atoms with Gasteiger partial charge in [-0.05, 0) is 13.0 Å². The molecule has 0 aliphatic carbocycles. The Morgan fingerprint density at radius 1 is 1.38 bits per heavy atom. The van der Waals surface area contributed by atoms with Crippen LogP contribution in [-0.2, 0) is 9.59 Å². The maximum absolute atomic E-state index is 11.7. The van der Waals surface area contributed by atoms with E-state index in [0.717, 1.165) is 6.42 Å². The van der Waals surface area contributed by atoms with Gasteiger partial charge >= 0.3 is 5.97 Å². The van der Waals surface area contributed by atoms with E-state index in [1.54, 1.807) is 7.05 Å². The quantitative estimate of drug-likeness (QED) is 0.460. The van der Waals surface area contributed by atoms with Gasteiger partial charge in [0.15, 0.2) is 0 Å². The van der Waals surface area contributed by atoms with Crippen LogP contribution in [0.2, 0.25) is 0 Å². The molecule has 0 aliphatic heterocycles. The van der Waals surface area contributed by atoms with E-state index >= 15 is 0 Å². The summed E-state index contributed by atoms with van der Waals surface area (Å²) in [6, 6.07) is -1.69. The normalized spacial score (nSPS) is 16.2. The number of carboxylic acids is 1. The van der Waals surface area contributed by atoms with Crippen LogP contribution in [0.4, 0.5) is 0 Å². The third kappa shape index (κ3) is 4.16. The van der Waals surface area contributed by atoms with Gasteiger partial charge in [-0.1, -0.05) is 20.3 Å². The Hall–Kier alpha value is -1.14. The van der Waals surface area contributed by atoms with Crippen LogP contribution in [0.1, 0.15) is 20.3 Å². The number of carboxylic acid groups (broad SMARTS) is 1. The van der Waals surface area contributed by atoms with Crippen molar-refractivity contribution in [1.29, 1.82) is 0 Å². The largest absolute Gasteiger partial charge is 0.480 e. The second-order valence-corrected chi connectivity index (χ2v) is 3.73. The lowest BCUT2D eigenvalue weighted by molar-refractivity contribution is -0.143. The number of amides is 1. The molecule has 0 unspecified atom stereocenters. The van der Waals surface area contributed by atoms with Crippen molar-refractivity contribution in [2.45, 2.75) is 32.4 Å². The maximum atomic E-state index is 11.7. The van der Waals surface area contributed by atoms with Gasteiger partial charge in [-0.3, -0.25) is 4.79 Å². The minimum absolute atomic E-state index is 0.0955. The van der Waals surface area contributed by atoms with Crippen LogP contribution in [0.3, 0.4) is 0 Å². The lowest BCUT2D eigenvalue weighted by Gasteiger charge is -2.23. The van der Waals surface area contributed by atoms with Crippen molar-refractivity contribution in [1.82, 2.24) is 10.6 Å². The van der Waals surface area contributed by atoms with Gasteiger partial charge in [-0.25, -0.2) is 4.79 Å². The molecule has 0 aliphatic rings. The molecule has 0 aromatic heterocycles. The lowest BCUT2D eigenvalue weighted by atomic mass is 9.98. The van der Waals surface area contributed by atoms with E-state index in [2.05, 4.69) is 10.6 Å². The fraction of sp³-hybridized carbons (Fsp3) is 0.800. The van der Waals surface area contributed by atoms with Crippen LogP contribution in [0.5, 0.6) is 0 Å². The molecule has 0 saturated heterocycles. The fourth-order valence-corrected chi connectivity index (χ4v) is 1.36. The van der Waals surface area contributed by atoms with Crippen molar-refractivity contribution in [2.24, 2.45) is 5.92 Å². The molecule has 0 aromatic carbocycles. The van der Waals surface area contributed by atoms with Crippen LogP contribution in [0.25, 0.3) is 0 Å². The highest BCUT2D eigenvalue weighted by Crippen LogP contribution is 2.07. The first-order valence-corrected chi connectivity index (χ1v) is 5.29. The molecule has 0 rings (SSSR count). The number of aliphatic hydroxyl groups is 1. The van der Waals surface area contributed by atoms with Crippen LogP contribution in [-0.4, -0.2) is 47.8 Å². The monoisotopic (exact) mass is 232 g/mol. The summed E-state index contributed by atoms with van der Waals surface area (Å²) in [6.07, 6.45) is 0.801. The molecule has 0 heterocycles. The molecule has 6 heteroatoms. The predicted octanol–water partition coefficient (Wildman–Crippen LogP) is -0.818. The lowest BCUT2D eigenvalue weighted by Crippen LogP contribution is -2.52. The molecule has 0 spiro atoms. The standard InChI is InChI=1S/C10H20N2O4/c1-4-6(2)8(11-3)9(14)12-7(5-13)10(15)16/h6-8,11,13H,4-5H2,1-3H3,(H,12,14)(H,15,16)/t6-,7-,8-/m0/s1. The van der Waals surface area contributed by atoms with Gasteiger partial charge in [0.05, 0.1) is 12.6 Å². The van der Waals surface area contributed by atoms with Crippen LogP contribution < -0.4 is 10.6 Å². The molecule has 94 valence electrons. The first-order chi connectivity index (χ1) is 7.47. The minimum atomic E-state index is -1.24. The summed E-state index contributed by atoms with van der Waals surface area (Å²) in [6.45, 7) is 3.23. The number of carbonyl (C=O) groups is 2. The second-order valence-electron chi connectivity index (χ2n) is 3.73. The Bertz CT molecular complexity index is 245. The molecule has 0 saturated carbocycles. The minimum Gasteiger partial charge on any atom is -0.480 e. The molecule has 0 fully saturated rings. The number of aliphatic hydroxyl groups excluding tert-OH is 1. The van der Waals surface area contributed by atoms with Gasteiger partial charge in [0, 0.05) is 0 Å². The predicted molar refractivity (Wildman–Crippen MR) is 59.0 cm³/mol. The van der Waals surface area contributed by atoms with Crippen molar-refractivity contribution in [3.05, 3.63) is 0 Å². The summed E-state index contributed by atoms with van der Waals surface area (Å²) < 4.78 is 0. The first kappa shape index (κ1) is 14.9. The summed E-state index contributed by atoms with van der Waals surface area (Å²) in [7, 11) is 1.64. The molecular weight excluding hydrogens is 212 g/mol. The Labute approximate surface area is 95.0 Å². The van der Waals surface area contributed by atoms with Gasteiger partial charge in [-0.2, -0.15) is 0 Å². The number of nitrogens with one attached hydrogen (secondary N) is 2. The van der Waals surface area contributed by atoms with E-state index in [0.29, 0.717) is 0 Å². The average Bonchev–Trinajstić information content (AvgIpc) is 2.25. The highest BCUT2D eigenvalue weighted by Gasteiger charge is 2.26. The molecule has 0 aromatic rings. The van der Waals surface area contributed by atoms with E-state index in [9.17, 15) is 9.59 Å². The van der Waals surface area contributed by atoms with Crippen molar-refractivity contribution in [3.63, 3.8) is 0 Å². The Balaban J connectivity index is 4.46. The topological polar surface area (TPSA) is 98.7 Å². The molecule has 0 radical (unpaired) electrons. The van der Waals surface area contributed by atoms with Crippen molar-refractivity contribution in [3.8, 4) is 0 Å². The van der Waals surface area contributed by atoms with Gasteiger partial charge in [-0.15, -0.1) is 0 Å². The molecule has 6 nitrogen and oxygen atoms in total. The van der Waals surface area contributed by atoms with E-state index in [1.807, 2.05) is 13.8 Å². The number of hydrogen-bond acceptors (Lipinski definition) is 4. The van der Waals surface area contributed by atoms with Gasteiger partial charge in [0.1, 0.15) is 6.04 Å². The number of hydrogen-bond donors (Lipinski definition) is 4. The number of aliphatic carboxylic acids is 1. The molecule has 16 heavy (non-hydrogen) atoms. The molecule has 1 amide bonds. The summed E-state index contributed by atoms with van der Waals surface area (Å²) in [5.74, 6) is -1.55. The highest BCUT2D eigenvalue weighted by atomic mass is 16.4. The number of likely N-dealkylation sites (N-methyl/N-ethyl adjacent to an activating group) is 1. The van der Waals surface area contributed by atoms with Crippen molar-refractivity contribution in [2.75, 3.05) is 13.7 Å². The van der Waals surface area contributed by atoms with Crippen LogP contribution >= 0.6 is 0 Å². The first-order valence-electron chi connectivity index (χ1n) is 5.29. The maximum Gasteiger partial charge on any atom is 0.328 e. The fourth-order valence-electron chi connectivity index (χ4n) is 1.36. The summed E-state index contributed by atoms with van der Waals surface area (Å²) in [5.41, 5.74) is 0. The molecule has 4 N–H and O–H groups in total.